The Bertz CT molecular complexity index is 510. The molecule has 2 rings (SSSR count). The molecule has 0 saturated heterocycles. The van der Waals surface area contributed by atoms with E-state index in [0.29, 0.717) is 12.3 Å². The molecule has 0 radical (unpaired) electrons. The number of hydrogen-bond acceptors (Lipinski definition) is 3. The monoisotopic (exact) mass is 333 g/mol. The van der Waals surface area contributed by atoms with E-state index in [4.69, 9.17) is 11.6 Å². The van der Waals surface area contributed by atoms with E-state index in [1.807, 2.05) is 18.2 Å². The van der Waals surface area contributed by atoms with Gasteiger partial charge in [0.1, 0.15) is 5.97 Å². The third-order valence-corrected chi connectivity index (χ3v) is 4.31. The zero-order chi connectivity index (χ0) is 14.5. The van der Waals surface area contributed by atoms with Gasteiger partial charge in [-0.05, 0) is 42.4 Å². The van der Waals surface area contributed by atoms with Crippen LogP contribution in [-0.4, -0.2) is 49.5 Å². The first-order valence-corrected chi connectivity index (χ1v) is 7.48. The fourth-order valence-electron chi connectivity index (χ4n) is 2.83. The number of rotatable bonds is 5. The van der Waals surface area contributed by atoms with Crippen molar-refractivity contribution < 1.29 is 14.7 Å². The molecule has 1 fully saturated rings. The van der Waals surface area contributed by atoms with Crippen molar-refractivity contribution in [3.8, 4) is 0 Å². The second-order valence-electron chi connectivity index (χ2n) is 5.40. The number of hydrogen-bond donors (Lipinski definition) is 0. The number of ketones is 1. The van der Waals surface area contributed by atoms with E-state index in [9.17, 15) is 14.7 Å². The van der Waals surface area contributed by atoms with E-state index in [0.717, 1.165) is 10.6 Å². The van der Waals surface area contributed by atoms with Gasteiger partial charge in [-0.2, -0.15) is 0 Å². The summed E-state index contributed by atoms with van der Waals surface area (Å²) >= 11 is 6.33. The normalized spacial score (nSPS) is 15.3. The summed E-state index contributed by atoms with van der Waals surface area (Å²) in [6, 6.07) is 5.82. The second kappa shape index (κ2) is 9.14. The van der Waals surface area contributed by atoms with Gasteiger partial charge in [0.05, 0.1) is 0 Å². The Morgan fingerprint density at radius 3 is 2.43 bits per heavy atom. The average Bonchev–Trinajstić information content (AvgIpc) is 2.45. The molecule has 0 aliphatic heterocycles. The van der Waals surface area contributed by atoms with Crippen molar-refractivity contribution in [3.63, 3.8) is 0 Å². The fourth-order valence-corrected chi connectivity index (χ4v) is 3.19. The van der Waals surface area contributed by atoms with Crippen molar-refractivity contribution in [2.75, 3.05) is 0 Å². The van der Waals surface area contributed by atoms with E-state index in [2.05, 4.69) is 0 Å². The predicted molar refractivity (Wildman–Crippen MR) is 81.4 cm³/mol. The predicted octanol–water partition coefficient (Wildman–Crippen LogP) is 2.26. The molecule has 0 spiro atoms. The molecule has 21 heavy (non-hydrogen) atoms. The van der Waals surface area contributed by atoms with Crippen LogP contribution in [0.4, 0.5) is 0 Å². The van der Waals surface area contributed by atoms with Crippen molar-refractivity contribution in [1.29, 1.82) is 0 Å². The molecule has 0 aromatic heterocycles. The number of carbonyl (C=O) groups is 2. The second-order valence-corrected chi connectivity index (χ2v) is 5.81. The number of aryl methyl sites for hydroxylation is 1. The summed E-state index contributed by atoms with van der Waals surface area (Å²) in [5, 5.41) is 11.1. The van der Waals surface area contributed by atoms with Gasteiger partial charge in [0.2, 0.25) is 0 Å². The molecule has 0 bridgehead atoms. The van der Waals surface area contributed by atoms with E-state index >= 15 is 0 Å². The van der Waals surface area contributed by atoms with Crippen LogP contribution in [0.2, 0.25) is 5.02 Å². The molecule has 1 aliphatic rings. The Hall–Kier alpha value is -0.0903. The largest absolute Gasteiger partial charge is 2.00 e. The molecule has 1 aromatic carbocycles. The number of aliphatic carboxylic acids is 1. The number of halogens is 1. The maximum atomic E-state index is 11.0. The summed E-state index contributed by atoms with van der Waals surface area (Å²) in [6.07, 6.45) is 6.52. The van der Waals surface area contributed by atoms with Crippen LogP contribution in [0.25, 0.3) is 0 Å². The molecule has 0 N–H and O–H groups in total. The zero-order valence-corrected chi connectivity index (χ0v) is 15.0. The van der Waals surface area contributed by atoms with Gasteiger partial charge < -0.3 is 9.90 Å². The van der Waals surface area contributed by atoms with Crippen LogP contribution in [0.3, 0.4) is 0 Å². The van der Waals surface area contributed by atoms with Gasteiger partial charge in [0.25, 0.3) is 0 Å². The maximum absolute atomic E-state index is 11.0. The van der Waals surface area contributed by atoms with Gasteiger partial charge >= 0.3 is 37.7 Å². The van der Waals surface area contributed by atoms with Crippen LogP contribution in [0.1, 0.15) is 55.6 Å². The van der Waals surface area contributed by atoms with Gasteiger partial charge in [-0.15, -0.1) is 0 Å². The van der Waals surface area contributed by atoms with Gasteiger partial charge in [-0.3, -0.25) is 4.79 Å². The van der Waals surface area contributed by atoms with E-state index in [1.165, 1.54) is 37.7 Å². The molecular weight excluding hydrogens is 316 g/mol. The summed E-state index contributed by atoms with van der Waals surface area (Å²) in [6.45, 7) is 0. The van der Waals surface area contributed by atoms with Crippen molar-refractivity contribution in [2.24, 2.45) is 0 Å². The molecule has 0 unspecified atom stereocenters. The minimum absolute atomic E-state index is 0. The van der Waals surface area contributed by atoms with E-state index in [-0.39, 0.29) is 44.2 Å². The standard InChI is InChI=1S/C16H19ClO3.Ca/c17-14-10-11(7-9-15(18)16(19)20)6-8-13(14)12-4-2-1-3-5-12;/h6,8,10,12H,1-5,7,9H2,(H,19,20);/q;+2/p-1. The van der Waals surface area contributed by atoms with Crippen molar-refractivity contribution >= 4 is 61.1 Å². The van der Waals surface area contributed by atoms with Crippen LogP contribution in [0.15, 0.2) is 18.2 Å². The molecule has 3 nitrogen and oxygen atoms in total. The Morgan fingerprint density at radius 2 is 1.86 bits per heavy atom. The van der Waals surface area contributed by atoms with E-state index in [1.54, 1.807) is 0 Å². The first-order chi connectivity index (χ1) is 9.58. The Balaban J connectivity index is 0.00000220. The first-order valence-electron chi connectivity index (χ1n) is 7.10. The maximum Gasteiger partial charge on any atom is 2.00 e. The summed E-state index contributed by atoms with van der Waals surface area (Å²) in [5.74, 6) is -1.94. The average molecular weight is 334 g/mol. The molecule has 5 heteroatoms. The molecule has 1 aliphatic carbocycles. The number of Topliss-reactive ketones (excluding diaryl/α,β-unsaturated/α-hetero) is 1. The first kappa shape index (κ1) is 19.0. The summed E-state index contributed by atoms with van der Waals surface area (Å²) < 4.78 is 0. The minimum Gasteiger partial charge on any atom is -0.542 e. The van der Waals surface area contributed by atoms with Crippen LogP contribution in [0, 0.1) is 0 Å². The number of carboxylic acid groups (broad SMARTS) is 1. The number of benzene rings is 1. The van der Waals surface area contributed by atoms with Crippen molar-refractivity contribution in [2.45, 2.75) is 50.9 Å². The topological polar surface area (TPSA) is 57.2 Å². The fraction of sp³-hybridized carbons (Fsp3) is 0.500. The van der Waals surface area contributed by atoms with Crippen LogP contribution >= 0.6 is 11.6 Å². The third kappa shape index (κ3) is 5.55. The Kier molecular flexibility index (Phi) is 8.25. The molecule has 1 aromatic rings. The van der Waals surface area contributed by atoms with Crippen molar-refractivity contribution in [1.82, 2.24) is 0 Å². The van der Waals surface area contributed by atoms with E-state index < -0.39 is 11.8 Å². The van der Waals surface area contributed by atoms with Gasteiger partial charge in [-0.1, -0.05) is 43.0 Å². The molecular formula is C16H18CaClO3+. The van der Waals surface area contributed by atoms with Gasteiger partial charge in [0, 0.05) is 11.4 Å². The Morgan fingerprint density at radius 1 is 1.19 bits per heavy atom. The summed E-state index contributed by atoms with van der Waals surface area (Å²) in [5.41, 5.74) is 2.07. The van der Waals surface area contributed by atoms with Crippen LogP contribution < -0.4 is 5.11 Å². The summed E-state index contributed by atoms with van der Waals surface area (Å²) in [7, 11) is 0. The van der Waals surface area contributed by atoms with Crippen LogP contribution in [0.5, 0.6) is 0 Å². The Labute approximate surface area is 160 Å². The SMILES string of the molecule is O=C([O-])C(=O)CCc1ccc(C2CCCCC2)c(Cl)c1.[Ca+2]. The number of carbonyl (C=O) groups excluding carboxylic acids is 2. The van der Waals surface area contributed by atoms with Crippen LogP contribution in [-0.2, 0) is 16.0 Å². The number of carboxylic acids is 1. The quantitative estimate of drug-likeness (QED) is 0.613. The van der Waals surface area contributed by atoms with Crippen molar-refractivity contribution in [3.05, 3.63) is 34.3 Å². The molecule has 0 atom stereocenters. The smallest absolute Gasteiger partial charge is 0.542 e. The molecule has 0 heterocycles. The summed E-state index contributed by atoms with van der Waals surface area (Å²) in [4.78, 5) is 21.4. The third-order valence-electron chi connectivity index (χ3n) is 3.98. The molecule has 0 amide bonds. The zero-order valence-electron chi connectivity index (χ0n) is 12.1. The van der Waals surface area contributed by atoms with Gasteiger partial charge in [0.15, 0.2) is 5.78 Å². The molecule has 1 saturated carbocycles. The van der Waals surface area contributed by atoms with Gasteiger partial charge in [-0.25, -0.2) is 0 Å². The minimum atomic E-state index is -1.62. The molecule has 108 valence electrons.